The molecule has 0 fully saturated rings. The lowest BCUT2D eigenvalue weighted by Gasteiger charge is -1.98. The van der Waals surface area contributed by atoms with Crippen molar-refractivity contribution in [3.05, 3.63) is 66.0 Å². The average molecular weight is 245 g/mol. The molecule has 2 aromatic rings. The van der Waals surface area contributed by atoms with Gasteiger partial charge >= 0.3 is 11.9 Å². The number of carboxylic acid groups (broad SMARTS) is 2. The predicted molar refractivity (Wildman–Crippen MR) is 64.6 cm³/mol. The molecule has 0 saturated carbocycles. The number of benzene rings is 1. The fourth-order valence-electron chi connectivity index (χ4n) is 1.17. The van der Waals surface area contributed by atoms with Gasteiger partial charge in [0.05, 0.1) is 11.1 Å². The van der Waals surface area contributed by atoms with Gasteiger partial charge in [-0.3, -0.25) is 4.98 Å². The summed E-state index contributed by atoms with van der Waals surface area (Å²) in [6.07, 6.45) is 3.50. The molecule has 0 aliphatic heterocycles. The van der Waals surface area contributed by atoms with E-state index in [1.165, 1.54) is 24.3 Å². The Balaban J connectivity index is 0.000000225. The van der Waals surface area contributed by atoms with E-state index in [1.54, 1.807) is 12.4 Å². The van der Waals surface area contributed by atoms with Crippen molar-refractivity contribution in [2.45, 2.75) is 0 Å². The second kappa shape index (κ2) is 6.80. The zero-order valence-electron chi connectivity index (χ0n) is 9.35. The minimum Gasteiger partial charge on any atom is -0.478 e. The smallest absolute Gasteiger partial charge is 0.336 e. The lowest BCUT2D eigenvalue weighted by atomic mass is 10.1. The number of rotatable bonds is 2. The van der Waals surface area contributed by atoms with Gasteiger partial charge in [0, 0.05) is 12.4 Å². The van der Waals surface area contributed by atoms with Gasteiger partial charge in [-0.2, -0.15) is 0 Å². The molecule has 0 saturated heterocycles. The summed E-state index contributed by atoms with van der Waals surface area (Å²) in [5.74, 6) is -2.46. The maximum Gasteiger partial charge on any atom is 0.336 e. The summed E-state index contributed by atoms with van der Waals surface area (Å²) in [5, 5.41) is 17.1. The van der Waals surface area contributed by atoms with Crippen molar-refractivity contribution in [3.63, 3.8) is 0 Å². The van der Waals surface area contributed by atoms with Gasteiger partial charge in [0.25, 0.3) is 0 Å². The van der Waals surface area contributed by atoms with Gasteiger partial charge in [-0.25, -0.2) is 9.59 Å². The quantitative estimate of drug-likeness (QED) is 0.846. The molecule has 0 aliphatic rings. The van der Waals surface area contributed by atoms with Crippen molar-refractivity contribution in [3.8, 4) is 0 Å². The molecular weight excluding hydrogens is 234 g/mol. The van der Waals surface area contributed by atoms with Crippen LogP contribution < -0.4 is 0 Å². The van der Waals surface area contributed by atoms with E-state index in [1.807, 2.05) is 18.2 Å². The Labute approximate surface area is 103 Å². The highest BCUT2D eigenvalue weighted by atomic mass is 16.4. The maximum absolute atomic E-state index is 10.5. The van der Waals surface area contributed by atoms with E-state index < -0.39 is 11.9 Å². The molecule has 2 N–H and O–H groups in total. The van der Waals surface area contributed by atoms with Crippen LogP contribution in [0, 0.1) is 0 Å². The van der Waals surface area contributed by atoms with Crippen LogP contribution >= 0.6 is 0 Å². The first kappa shape index (κ1) is 13.4. The second-order valence-electron chi connectivity index (χ2n) is 3.18. The molecule has 0 unspecified atom stereocenters. The van der Waals surface area contributed by atoms with Crippen LogP contribution in [0.25, 0.3) is 0 Å². The monoisotopic (exact) mass is 245 g/mol. The lowest BCUT2D eigenvalue weighted by Crippen LogP contribution is -2.06. The third kappa shape index (κ3) is 4.05. The van der Waals surface area contributed by atoms with Gasteiger partial charge in [-0.1, -0.05) is 18.2 Å². The van der Waals surface area contributed by atoms with Crippen LogP contribution in [0.5, 0.6) is 0 Å². The number of nitrogens with zero attached hydrogens (tertiary/aromatic N) is 1. The Morgan fingerprint density at radius 2 is 1.22 bits per heavy atom. The van der Waals surface area contributed by atoms with Crippen LogP contribution in [0.15, 0.2) is 54.9 Å². The Hall–Kier alpha value is -2.69. The molecule has 5 nitrogen and oxygen atoms in total. The Kier molecular flexibility index (Phi) is 5.05. The Morgan fingerprint density at radius 3 is 1.44 bits per heavy atom. The molecular formula is C13H11NO4. The largest absolute Gasteiger partial charge is 0.478 e. The zero-order valence-corrected chi connectivity index (χ0v) is 9.35. The summed E-state index contributed by atoms with van der Waals surface area (Å²) in [5.41, 5.74) is -0.380. The van der Waals surface area contributed by atoms with E-state index in [9.17, 15) is 9.59 Å². The first-order valence-electron chi connectivity index (χ1n) is 5.03. The highest BCUT2D eigenvalue weighted by Gasteiger charge is 2.13. The second-order valence-corrected chi connectivity index (χ2v) is 3.18. The predicted octanol–water partition coefficient (Wildman–Crippen LogP) is 2.16. The van der Waals surface area contributed by atoms with Gasteiger partial charge in [0.2, 0.25) is 0 Å². The minimum absolute atomic E-state index is 0.190. The third-order valence-corrected chi connectivity index (χ3v) is 1.95. The molecule has 1 aromatic carbocycles. The lowest BCUT2D eigenvalue weighted by molar-refractivity contribution is 0.0651. The zero-order chi connectivity index (χ0) is 13.4. The first-order valence-corrected chi connectivity index (χ1v) is 5.03. The molecule has 0 spiro atoms. The summed E-state index contributed by atoms with van der Waals surface area (Å²) in [6.45, 7) is 0. The van der Waals surface area contributed by atoms with Crippen molar-refractivity contribution in [1.29, 1.82) is 0 Å². The number of carbonyl (C=O) groups is 2. The summed E-state index contributed by atoms with van der Waals surface area (Å²) in [6, 6.07) is 11.2. The number of hydrogen-bond acceptors (Lipinski definition) is 3. The summed E-state index contributed by atoms with van der Waals surface area (Å²) in [7, 11) is 0. The van der Waals surface area contributed by atoms with Crippen molar-refractivity contribution in [2.24, 2.45) is 0 Å². The van der Waals surface area contributed by atoms with E-state index >= 15 is 0 Å². The normalized spacial score (nSPS) is 8.89. The van der Waals surface area contributed by atoms with Crippen molar-refractivity contribution in [2.75, 3.05) is 0 Å². The number of aromatic carboxylic acids is 2. The highest BCUT2D eigenvalue weighted by molar-refractivity contribution is 6.01. The Morgan fingerprint density at radius 1 is 0.778 bits per heavy atom. The molecule has 1 aromatic heterocycles. The minimum atomic E-state index is -1.23. The molecule has 0 aliphatic carbocycles. The van der Waals surface area contributed by atoms with E-state index in [2.05, 4.69) is 4.98 Å². The fraction of sp³-hybridized carbons (Fsp3) is 0. The summed E-state index contributed by atoms with van der Waals surface area (Å²) >= 11 is 0. The van der Waals surface area contributed by atoms with Crippen LogP contribution in [0.2, 0.25) is 0 Å². The molecule has 0 amide bonds. The van der Waals surface area contributed by atoms with Crippen molar-refractivity contribution in [1.82, 2.24) is 4.98 Å². The summed E-state index contributed by atoms with van der Waals surface area (Å²) in [4.78, 5) is 24.7. The van der Waals surface area contributed by atoms with Crippen LogP contribution in [-0.4, -0.2) is 27.1 Å². The first-order chi connectivity index (χ1) is 8.63. The van der Waals surface area contributed by atoms with E-state index in [-0.39, 0.29) is 11.1 Å². The van der Waals surface area contributed by atoms with Gasteiger partial charge < -0.3 is 10.2 Å². The fourth-order valence-corrected chi connectivity index (χ4v) is 1.17. The molecule has 0 bridgehead atoms. The number of aromatic nitrogens is 1. The van der Waals surface area contributed by atoms with Gasteiger partial charge in [-0.05, 0) is 24.3 Å². The SMILES string of the molecule is O=C(O)c1ccccc1C(=O)O.c1ccncc1. The number of pyridine rings is 1. The number of carboxylic acids is 2. The van der Waals surface area contributed by atoms with Gasteiger partial charge in [0.15, 0.2) is 0 Å². The molecule has 1 heterocycles. The van der Waals surface area contributed by atoms with Crippen LogP contribution in [0.3, 0.4) is 0 Å². The topological polar surface area (TPSA) is 87.5 Å². The van der Waals surface area contributed by atoms with Crippen LogP contribution in [0.1, 0.15) is 20.7 Å². The van der Waals surface area contributed by atoms with Gasteiger partial charge in [-0.15, -0.1) is 0 Å². The maximum atomic E-state index is 10.5. The standard InChI is InChI=1S/C8H6O4.C5H5N/c9-7(10)5-3-1-2-4-6(5)8(11)12;1-2-4-6-5-3-1/h1-4H,(H,9,10)(H,11,12);1-5H. The van der Waals surface area contributed by atoms with E-state index in [4.69, 9.17) is 10.2 Å². The van der Waals surface area contributed by atoms with Crippen LogP contribution in [0.4, 0.5) is 0 Å². The van der Waals surface area contributed by atoms with Gasteiger partial charge in [0.1, 0.15) is 0 Å². The van der Waals surface area contributed by atoms with E-state index in [0.717, 1.165) is 0 Å². The molecule has 5 heteroatoms. The molecule has 0 radical (unpaired) electrons. The number of hydrogen-bond donors (Lipinski definition) is 2. The molecule has 18 heavy (non-hydrogen) atoms. The van der Waals surface area contributed by atoms with Crippen molar-refractivity contribution >= 4 is 11.9 Å². The Bertz CT molecular complexity index is 466. The van der Waals surface area contributed by atoms with E-state index in [0.29, 0.717) is 0 Å². The molecule has 92 valence electrons. The molecule has 0 atom stereocenters. The average Bonchev–Trinajstić information content (AvgIpc) is 2.41. The highest BCUT2D eigenvalue weighted by Crippen LogP contribution is 2.07. The van der Waals surface area contributed by atoms with Crippen molar-refractivity contribution < 1.29 is 19.8 Å². The summed E-state index contributed by atoms with van der Waals surface area (Å²) < 4.78 is 0. The van der Waals surface area contributed by atoms with Crippen LogP contribution in [-0.2, 0) is 0 Å². The molecule has 2 rings (SSSR count). The third-order valence-electron chi connectivity index (χ3n) is 1.95.